The third-order valence-corrected chi connectivity index (χ3v) is 4.39. The molecule has 0 fully saturated rings. The van der Waals surface area contributed by atoms with E-state index in [4.69, 9.17) is 0 Å². The zero-order valence-electron chi connectivity index (χ0n) is 11.5. The maximum atomic E-state index is 12.2. The van der Waals surface area contributed by atoms with Crippen LogP contribution in [0.1, 0.15) is 0 Å². The van der Waals surface area contributed by atoms with E-state index in [1.54, 1.807) is 18.3 Å². The van der Waals surface area contributed by atoms with Gasteiger partial charge in [-0.25, -0.2) is 13.4 Å². The first-order valence-electron chi connectivity index (χ1n) is 6.59. The first kappa shape index (κ1) is 14.2. The number of anilines is 1. The number of nitrogens with zero attached hydrogens (tertiary/aromatic N) is 2. The summed E-state index contributed by atoms with van der Waals surface area (Å²) in [6.07, 6.45) is 4.45. The van der Waals surface area contributed by atoms with Gasteiger partial charge in [0.1, 0.15) is 10.7 Å². The van der Waals surface area contributed by atoms with E-state index in [0.717, 1.165) is 11.1 Å². The summed E-state index contributed by atoms with van der Waals surface area (Å²) in [5, 5.41) is 0. The van der Waals surface area contributed by atoms with Crippen molar-refractivity contribution in [1.29, 1.82) is 0 Å². The van der Waals surface area contributed by atoms with E-state index < -0.39 is 10.0 Å². The minimum absolute atomic E-state index is 0.101. The number of aromatic nitrogens is 2. The quantitative estimate of drug-likeness (QED) is 0.804. The van der Waals surface area contributed by atoms with Gasteiger partial charge in [-0.2, -0.15) is 0 Å². The van der Waals surface area contributed by atoms with Gasteiger partial charge in [0, 0.05) is 24.2 Å². The third kappa shape index (κ3) is 3.12. The number of pyridine rings is 2. The summed E-state index contributed by atoms with van der Waals surface area (Å²) < 4.78 is 26.8. The van der Waals surface area contributed by atoms with E-state index in [1.165, 1.54) is 18.5 Å². The molecule has 0 saturated heterocycles. The van der Waals surface area contributed by atoms with Crippen LogP contribution in [-0.2, 0) is 10.0 Å². The van der Waals surface area contributed by atoms with Crippen LogP contribution in [-0.4, -0.2) is 18.4 Å². The SMILES string of the molecule is O=S(=O)(Nc1ccc(-c2ccccc2)cn1)c1cccnc1. The lowest BCUT2D eigenvalue weighted by molar-refractivity contribution is 0.600. The number of rotatable bonds is 4. The molecule has 0 aliphatic carbocycles. The van der Waals surface area contributed by atoms with Gasteiger partial charge in [0.05, 0.1) is 0 Å². The molecular weight excluding hydrogens is 298 g/mol. The molecule has 0 bridgehead atoms. The Hall–Kier alpha value is -2.73. The van der Waals surface area contributed by atoms with E-state index in [-0.39, 0.29) is 10.7 Å². The molecule has 5 nitrogen and oxygen atoms in total. The van der Waals surface area contributed by atoms with Crippen molar-refractivity contribution in [2.24, 2.45) is 0 Å². The molecule has 1 aromatic carbocycles. The number of nitrogens with one attached hydrogen (secondary N) is 1. The van der Waals surface area contributed by atoms with Gasteiger partial charge in [-0.1, -0.05) is 30.3 Å². The predicted molar refractivity (Wildman–Crippen MR) is 84.7 cm³/mol. The summed E-state index contributed by atoms with van der Waals surface area (Å²) in [7, 11) is -3.67. The second kappa shape index (κ2) is 5.95. The minimum atomic E-state index is -3.67. The van der Waals surface area contributed by atoms with Gasteiger partial charge < -0.3 is 0 Å². The summed E-state index contributed by atoms with van der Waals surface area (Å²) in [4.78, 5) is 8.06. The smallest absolute Gasteiger partial charge is 0.263 e. The molecule has 0 aliphatic rings. The van der Waals surface area contributed by atoms with Gasteiger partial charge >= 0.3 is 0 Å². The van der Waals surface area contributed by atoms with E-state index in [0.29, 0.717) is 0 Å². The van der Waals surface area contributed by atoms with Crippen molar-refractivity contribution in [1.82, 2.24) is 9.97 Å². The lowest BCUT2D eigenvalue weighted by Gasteiger charge is -2.07. The molecule has 1 N–H and O–H groups in total. The van der Waals surface area contributed by atoms with E-state index in [9.17, 15) is 8.42 Å². The first-order chi connectivity index (χ1) is 10.6. The third-order valence-electron chi connectivity index (χ3n) is 3.05. The van der Waals surface area contributed by atoms with Crippen LogP contribution in [0.5, 0.6) is 0 Å². The lowest BCUT2D eigenvalue weighted by Crippen LogP contribution is -2.13. The van der Waals surface area contributed by atoms with Crippen molar-refractivity contribution in [2.75, 3.05) is 4.72 Å². The largest absolute Gasteiger partial charge is 0.264 e. The molecule has 0 unspecified atom stereocenters. The molecule has 6 heteroatoms. The zero-order valence-corrected chi connectivity index (χ0v) is 12.4. The Kier molecular flexibility index (Phi) is 3.84. The minimum Gasteiger partial charge on any atom is -0.263 e. The van der Waals surface area contributed by atoms with Crippen LogP contribution in [0, 0.1) is 0 Å². The van der Waals surface area contributed by atoms with Crippen LogP contribution in [0.25, 0.3) is 11.1 Å². The summed E-state index contributed by atoms with van der Waals surface area (Å²) in [6, 6.07) is 16.3. The average molecular weight is 311 g/mol. The molecular formula is C16H13N3O2S. The molecule has 0 amide bonds. The van der Waals surface area contributed by atoms with Crippen molar-refractivity contribution in [3.63, 3.8) is 0 Å². The van der Waals surface area contributed by atoms with Gasteiger partial charge in [0.25, 0.3) is 10.0 Å². The van der Waals surface area contributed by atoms with Crippen molar-refractivity contribution >= 4 is 15.8 Å². The Morgan fingerprint density at radius 2 is 1.64 bits per heavy atom. The second-order valence-electron chi connectivity index (χ2n) is 4.59. The second-order valence-corrected chi connectivity index (χ2v) is 6.27. The fraction of sp³-hybridized carbons (Fsp3) is 0. The standard InChI is InChI=1S/C16H13N3O2S/c20-22(21,15-7-4-10-17-12-15)19-16-9-8-14(11-18-16)13-5-2-1-3-6-13/h1-12H,(H,18,19). The molecule has 0 radical (unpaired) electrons. The van der Waals surface area contributed by atoms with E-state index in [2.05, 4.69) is 14.7 Å². The van der Waals surface area contributed by atoms with Gasteiger partial charge in [-0.15, -0.1) is 0 Å². The highest BCUT2D eigenvalue weighted by atomic mass is 32.2. The van der Waals surface area contributed by atoms with Crippen LogP contribution >= 0.6 is 0 Å². The van der Waals surface area contributed by atoms with Crippen LogP contribution in [0.15, 0.2) is 78.1 Å². The normalized spacial score (nSPS) is 11.1. The Bertz CT molecular complexity index is 849. The fourth-order valence-electron chi connectivity index (χ4n) is 1.96. The van der Waals surface area contributed by atoms with Crippen LogP contribution in [0.4, 0.5) is 5.82 Å². The monoisotopic (exact) mass is 311 g/mol. The Balaban J connectivity index is 1.83. The molecule has 0 atom stereocenters. The first-order valence-corrected chi connectivity index (χ1v) is 8.08. The average Bonchev–Trinajstić information content (AvgIpc) is 2.57. The highest BCUT2D eigenvalue weighted by Crippen LogP contribution is 2.20. The van der Waals surface area contributed by atoms with Gasteiger partial charge in [0.2, 0.25) is 0 Å². The number of benzene rings is 1. The molecule has 22 heavy (non-hydrogen) atoms. The van der Waals surface area contributed by atoms with Crippen LogP contribution < -0.4 is 4.72 Å². The summed E-state index contributed by atoms with van der Waals surface area (Å²) in [5.74, 6) is 0.267. The maximum absolute atomic E-state index is 12.2. The Morgan fingerprint density at radius 1 is 0.818 bits per heavy atom. The van der Waals surface area contributed by atoms with Gasteiger partial charge in [-0.3, -0.25) is 9.71 Å². The number of hydrogen-bond donors (Lipinski definition) is 1. The molecule has 0 aliphatic heterocycles. The maximum Gasteiger partial charge on any atom is 0.264 e. The molecule has 0 saturated carbocycles. The van der Waals surface area contributed by atoms with Crippen molar-refractivity contribution in [3.05, 3.63) is 73.2 Å². The van der Waals surface area contributed by atoms with E-state index >= 15 is 0 Å². The molecule has 3 rings (SSSR count). The zero-order chi connectivity index (χ0) is 15.4. The summed E-state index contributed by atoms with van der Waals surface area (Å²) in [5.41, 5.74) is 1.95. The van der Waals surface area contributed by atoms with Crippen molar-refractivity contribution < 1.29 is 8.42 Å². The summed E-state index contributed by atoms with van der Waals surface area (Å²) in [6.45, 7) is 0. The number of sulfonamides is 1. The highest BCUT2D eigenvalue weighted by molar-refractivity contribution is 7.92. The molecule has 2 aromatic heterocycles. The molecule has 2 heterocycles. The molecule has 3 aromatic rings. The Labute approximate surface area is 128 Å². The predicted octanol–water partition coefficient (Wildman–Crippen LogP) is 2.94. The van der Waals surface area contributed by atoms with E-state index in [1.807, 2.05) is 36.4 Å². The fourth-order valence-corrected chi connectivity index (χ4v) is 2.93. The lowest BCUT2D eigenvalue weighted by atomic mass is 10.1. The molecule has 0 spiro atoms. The van der Waals surface area contributed by atoms with Crippen LogP contribution in [0.3, 0.4) is 0 Å². The van der Waals surface area contributed by atoms with Crippen molar-refractivity contribution in [3.8, 4) is 11.1 Å². The van der Waals surface area contributed by atoms with Gasteiger partial charge in [0.15, 0.2) is 0 Å². The number of hydrogen-bond acceptors (Lipinski definition) is 4. The summed E-state index contributed by atoms with van der Waals surface area (Å²) >= 11 is 0. The van der Waals surface area contributed by atoms with Crippen LogP contribution in [0.2, 0.25) is 0 Å². The van der Waals surface area contributed by atoms with Crippen molar-refractivity contribution in [2.45, 2.75) is 4.90 Å². The molecule has 110 valence electrons. The highest BCUT2D eigenvalue weighted by Gasteiger charge is 2.14. The van der Waals surface area contributed by atoms with Gasteiger partial charge in [-0.05, 0) is 29.8 Å². The Morgan fingerprint density at radius 3 is 2.27 bits per heavy atom. The topological polar surface area (TPSA) is 72.0 Å².